The molecule has 1 spiro atoms. The monoisotopic (exact) mass is 542 g/mol. The van der Waals surface area contributed by atoms with Gasteiger partial charge in [-0.15, -0.1) is 6.58 Å². The minimum atomic E-state index is -1.31. The molecule has 2 N–H and O–H groups in total. The van der Waals surface area contributed by atoms with E-state index in [0.29, 0.717) is 26.1 Å². The lowest BCUT2D eigenvalue weighted by Crippen LogP contribution is -2.74. The van der Waals surface area contributed by atoms with Crippen molar-refractivity contribution in [1.82, 2.24) is 0 Å². The number of hydrogen-bond acceptors (Lipinski definition) is 5. The third kappa shape index (κ3) is 4.75. The van der Waals surface area contributed by atoms with Crippen molar-refractivity contribution >= 4 is 8.07 Å². The standard InChI is InChI=1S/C32H50O5Si/c1-9-32(34)30(4)18-16-27(37-22-23-12-14-24(35-5)15-13-23)29(2,3)25(30)21-26(33)31(32)17-10-11-28(31)36-19-20-38(6,7)8/h9-10,12-15,17,25-28,33-34H,1,11,16,18-22H2,2-8H3/t25-,26-,27+,28+,30-,31-,32-/m1/s1. The van der Waals surface area contributed by atoms with Crippen LogP contribution in [0.2, 0.25) is 25.7 Å². The lowest BCUT2D eigenvalue weighted by molar-refractivity contribution is -0.285. The minimum Gasteiger partial charge on any atom is -0.497 e. The third-order valence-electron chi connectivity index (χ3n) is 10.3. The Labute approximate surface area is 231 Å². The van der Waals surface area contributed by atoms with Gasteiger partial charge in [0.05, 0.1) is 37.4 Å². The van der Waals surface area contributed by atoms with Crippen molar-refractivity contribution in [3.05, 3.63) is 54.6 Å². The molecule has 38 heavy (non-hydrogen) atoms. The van der Waals surface area contributed by atoms with E-state index in [0.717, 1.165) is 30.2 Å². The molecular formula is C32H50O5Si. The van der Waals surface area contributed by atoms with Gasteiger partial charge in [-0.3, -0.25) is 0 Å². The van der Waals surface area contributed by atoms with E-state index < -0.39 is 30.6 Å². The van der Waals surface area contributed by atoms with Gasteiger partial charge in [-0.2, -0.15) is 0 Å². The third-order valence-corrected chi connectivity index (χ3v) is 12.0. The fourth-order valence-electron chi connectivity index (χ4n) is 7.94. The fraction of sp³-hybridized carbons (Fsp3) is 0.688. The van der Waals surface area contributed by atoms with E-state index in [4.69, 9.17) is 14.2 Å². The number of rotatable bonds is 9. The lowest BCUT2D eigenvalue weighted by atomic mass is 9.39. The first-order valence-corrected chi connectivity index (χ1v) is 18.0. The van der Waals surface area contributed by atoms with E-state index in [-0.39, 0.29) is 23.5 Å². The SMILES string of the molecule is C=C[C@]1(O)[C@]2(C=CC[C@@H]2OCC[Si](C)(C)C)[C@H](O)C[C@@H]2C(C)(C)[C@@H](OCc3ccc(OC)cc3)CC[C@]21C. The topological polar surface area (TPSA) is 68.2 Å². The average Bonchev–Trinajstić information content (AvgIpc) is 3.29. The summed E-state index contributed by atoms with van der Waals surface area (Å²) in [6.07, 6.45) is 7.82. The zero-order chi connectivity index (χ0) is 28.0. The summed E-state index contributed by atoms with van der Waals surface area (Å²) in [5.41, 5.74) is -1.83. The van der Waals surface area contributed by atoms with E-state index in [1.165, 1.54) is 0 Å². The smallest absolute Gasteiger partial charge is 0.118 e. The van der Waals surface area contributed by atoms with Crippen molar-refractivity contribution < 1.29 is 24.4 Å². The van der Waals surface area contributed by atoms with Gasteiger partial charge in [-0.05, 0) is 60.8 Å². The highest BCUT2D eigenvalue weighted by Crippen LogP contribution is 2.69. The van der Waals surface area contributed by atoms with Crippen LogP contribution in [-0.2, 0) is 16.1 Å². The van der Waals surface area contributed by atoms with Gasteiger partial charge in [0.15, 0.2) is 0 Å². The molecule has 0 unspecified atom stereocenters. The molecule has 0 saturated heterocycles. The maximum Gasteiger partial charge on any atom is 0.118 e. The molecule has 1 aromatic carbocycles. The molecule has 2 saturated carbocycles. The number of aliphatic hydroxyl groups is 2. The number of fused-ring (bicyclic) bond motifs is 1. The number of aliphatic hydroxyl groups excluding tert-OH is 1. The summed E-state index contributed by atoms with van der Waals surface area (Å²) in [4.78, 5) is 0. The second-order valence-electron chi connectivity index (χ2n) is 13.9. The summed E-state index contributed by atoms with van der Waals surface area (Å²) in [5, 5.41) is 24.6. The zero-order valence-corrected chi connectivity index (χ0v) is 25.6. The van der Waals surface area contributed by atoms with E-state index in [9.17, 15) is 10.2 Å². The molecule has 212 valence electrons. The van der Waals surface area contributed by atoms with E-state index in [2.05, 4.69) is 59.1 Å². The maximum absolute atomic E-state index is 12.7. The molecule has 2 fully saturated rings. The normalized spacial score (nSPS) is 38.2. The molecule has 3 aliphatic rings. The van der Waals surface area contributed by atoms with Gasteiger partial charge < -0.3 is 24.4 Å². The Morgan fingerprint density at radius 1 is 1.08 bits per heavy atom. The van der Waals surface area contributed by atoms with Gasteiger partial charge in [0, 0.05) is 20.1 Å². The molecule has 0 aliphatic heterocycles. The molecule has 0 radical (unpaired) electrons. The summed E-state index contributed by atoms with van der Waals surface area (Å²) in [6.45, 7) is 19.1. The largest absolute Gasteiger partial charge is 0.497 e. The highest BCUT2D eigenvalue weighted by Gasteiger charge is 2.73. The summed E-state index contributed by atoms with van der Waals surface area (Å²) in [5.74, 6) is 0.880. The van der Waals surface area contributed by atoms with Crippen LogP contribution in [0, 0.1) is 22.2 Å². The Kier molecular flexibility index (Phi) is 8.17. The Hall–Kier alpha value is -1.44. The lowest BCUT2D eigenvalue weighted by Gasteiger charge is -2.68. The van der Waals surface area contributed by atoms with E-state index in [1.54, 1.807) is 13.2 Å². The molecule has 0 heterocycles. The number of methoxy groups -OCH3 is 1. The summed E-state index contributed by atoms with van der Waals surface area (Å²) < 4.78 is 18.3. The highest BCUT2D eigenvalue weighted by atomic mass is 28.3. The van der Waals surface area contributed by atoms with E-state index >= 15 is 0 Å². The highest BCUT2D eigenvalue weighted by molar-refractivity contribution is 6.76. The van der Waals surface area contributed by atoms with Gasteiger partial charge in [0.25, 0.3) is 0 Å². The van der Waals surface area contributed by atoms with Crippen LogP contribution in [-0.4, -0.2) is 55.9 Å². The van der Waals surface area contributed by atoms with Crippen LogP contribution in [0.15, 0.2) is 49.1 Å². The molecule has 5 nitrogen and oxygen atoms in total. The van der Waals surface area contributed by atoms with Gasteiger partial charge >= 0.3 is 0 Å². The number of ether oxygens (including phenoxy) is 3. The van der Waals surface area contributed by atoms with Crippen LogP contribution < -0.4 is 4.74 Å². The number of benzene rings is 1. The first-order chi connectivity index (χ1) is 17.7. The van der Waals surface area contributed by atoms with Crippen molar-refractivity contribution in [3.63, 3.8) is 0 Å². The molecule has 0 aromatic heterocycles. The molecular weight excluding hydrogens is 492 g/mol. The molecule has 6 heteroatoms. The van der Waals surface area contributed by atoms with Crippen LogP contribution in [0.1, 0.15) is 52.0 Å². The summed E-state index contributed by atoms with van der Waals surface area (Å²) in [6, 6.07) is 9.05. The predicted molar refractivity (Wildman–Crippen MR) is 156 cm³/mol. The second kappa shape index (κ2) is 10.5. The van der Waals surface area contributed by atoms with Crippen LogP contribution in [0.4, 0.5) is 0 Å². The maximum atomic E-state index is 12.7. The molecule has 7 atom stereocenters. The Balaban J connectivity index is 1.58. The average molecular weight is 543 g/mol. The van der Waals surface area contributed by atoms with Crippen molar-refractivity contribution in [2.45, 2.75) is 103 Å². The van der Waals surface area contributed by atoms with Crippen molar-refractivity contribution in [3.8, 4) is 5.75 Å². The summed E-state index contributed by atoms with van der Waals surface area (Å²) >= 11 is 0. The second-order valence-corrected chi connectivity index (χ2v) is 19.6. The van der Waals surface area contributed by atoms with Gasteiger partial charge in [-0.1, -0.05) is 70.8 Å². The van der Waals surface area contributed by atoms with Crippen molar-refractivity contribution in [2.24, 2.45) is 22.2 Å². The first-order valence-electron chi connectivity index (χ1n) is 14.3. The van der Waals surface area contributed by atoms with Crippen LogP contribution in [0.5, 0.6) is 5.75 Å². The van der Waals surface area contributed by atoms with Crippen LogP contribution in [0.3, 0.4) is 0 Å². The van der Waals surface area contributed by atoms with Crippen LogP contribution in [0.25, 0.3) is 0 Å². The molecule has 4 rings (SSSR count). The number of hydrogen-bond donors (Lipinski definition) is 2. The zero-order valence-electron chi connectivity index (χ0n) is 24.6. The van der Waals surface area contributed by atoms with Gasteiger partial charge in [0.1, 0.15) is 11.4 Å². The molecule has 0 bridgehead atoms. The predicted octanol–water partition coefficient (Wildman–Crippen LogP) is 6.37. The van der Waals surface area contributed by atoms with E-state index in [1.807, 2.05) is 24.3 Å². The Morgan fingerprint density at radius 3 is 2.37 bits per heavy atom. The van der Waals surface area contributed by atoms with Gasteiger partial charge in [-0.25, -0.2) is 0 Å². The van der Waals surface area contributed by atoms with Crippen molar-refractivity contribution in [2.75, 3.05) is 13.7 Å². The summed E-state index contributed by atoms with van der Waals surface area (Å²) in [7, 11) is 0.401. The first kappa shape index (κ1) is 29.5. The fourth-order valence-corrected chi connectivity index (χ4v) is 8.67. The van der Waals surface area contributed by atoms with Crippen molar-refractivity contribution in [1.29, 1.82) is 0 Å². The Morgan fingerprint density at radius 2 is 1.76 bits per heavy atom. The minimum absolute atomic E-state index is 0.0147. The van der Waals surface area contributed by atoms with Gasteiger partial charge in [0.2, 0.25) is 0 Å². The Bertz CT molecular complexity index is 1010. The molecule has 0 amide bonds. The quantitative estimate of drug-likeness (QED) is 0.280. The van der Waals surface area contributed by atoms with Crippen LogP contribution >= 0.6 is 0 Å². The molecule has 1 aromatic rings. The molecule has 3 aliphatic carbocycles.